The molecule has 1 nitrogen and oxygen atoms in total. The summed E-state index contributed by atoms with van der Waals surface area (Å²) in [5.74, 6) is -0.0880. The lowest BCUT2D eigenvalue weighted by Gasteiger charge is -2.14. The molecule has 1 aromatic carbocycles. The molecule has 0 radical (unpaired) electrons. The number of alkyl halides is 3. The molecule has 0 aliphatic heterocycles. The van der Waals surface area contributed by atoms with Crippen LogP contribution in [0.2, 0.25) is 0 Å². The fourth-order valence-corrected chi connectivity index (χ4v) is 1.20. The Kier molecular flexibility index (Phi) is 3.61. The van der Waals surface area contributed by atoms with E-state index in [0.717, 1.165) is 6.07 Å². The van der Waals surface area contributed by atoms with Crippen LogP contribution < -0.4 is 4.74 Å². The van der Waals surface area contributed by atoms with Crippen molar-refractivity contribution in [3.8, 4) is 5.75 Å². The predicted octanol–water partition coefficient (Wildman–Crippen LogP) is 3.80. The summed E-state index contributed by atoms with van der Waals surface area (Å²) in [6.45, 7) is 3.77. The summed E-state index contributed by atoms with van der Waals surface area (Å²) >= 11 is 0. The number of aryl methyl sites for hydroxylation is 1. The summed E-state index contributed by atoms with van der Waals surface area (Å²) in [5, 5.41) is 0. The van der Waals surface area contributed by atoms with Gasteiger partial charge in [-0.2, -0.15) is 13.2 Å². The molecule has 0 atom stereocenters. The highest BCUT2D eigenvalue weighted by atomic mass is 19.4. The van der Waals surface area contributed by atoms with Crippen molar-refractivity contribution in [2.75, 3.05) is 6.61 Å². The molecular formula is C11H13F3O. The molecule has 4 heteroatoms. The molecule has 0 aliphatic rings. The van der Waals surface area contributed by atoms with E-state index in [1.807, 2.05) is 6.92 Å². The topological polar surface area (TPSA) is 9.23 Å². The highest BCUT2D eigenvalue weighted by Gasteiger charge is 2.34. The van der Waals surface area contributed by atoms with Crippen LogP contribution in [0.4, 0.5) is 13.2 Å². The third-order valence-corrected chi connectivity index (χ3v) is 1.90. The van der Waals surface area contributed by atoms with E-state index in [9.17, 15) is 13.2 Å². The quantitative estimate of drug-likeness (QED) is 0.749. The average molecular weight is 218 g/mol. The van der Waals surface area contributed by atoms with E-state index >= 15 is 0 Å². The highest BCUT2D eigenvalue weighted by molar-refractivity contribution is 5.38. The van der Waals surface area contributed by atoms with Gasteiger partial charge in [0.1, 0.15) is 5.75 Å². The van der Waals surface area contributed by atoms with Crippen molar-refractivity contribution in [3.63, 3.8) is 0 Å². The Labute approximate surface area is 86.9 Å². The summed E-state index contributed by atoms with van der Waals surface area (Å²) < 4.78 is 42.8. The van der Waals surface area contributed by atoms with Gasteiger partial charge in [0, 0.05) is 0 Å². The van der Waals surface area contributed by atoms with Crippen molar-refractivity contribution in [1.29, 1.82) is 0 Å². The molecule has 0 spiro atoms. The minimum atomic E-state index is -4.35. The second kappa shape index (κ2) is 4.55. The molecule has 0 unspecified atom stereocenters. The van der Waals surface area contributed by atoms with Crippen molar-refractivity contribution < 1.29 is 17.9 Å². The van der Waals surface area contributed by atoms with Crippen molar-refractivity contribution in [2.24, 2.45) is 0 Å². The van der Waals surface area contributed by atoms with Gasteiger partial charge in [-0.15, -0.1) is 0 Å². The largest absolute Gasteiger partial charge is 0.493 e. The Morgan fingerprint density at radius 3 is 2.47 bits per heavy atom. The van der Waals surface area contributed by atoms with Gasteiger partial charge in [0.05, 0.1) is 12.2 Å². The van der Waals surface area contributed by atoms with Crippen molar-refractivity contribution in [1.82, 2.24) is 0 Å². The molecule has 0 bridgehead atoms. The van der Waals surface area contributed by atoms with Gasteiger partial charge in [-0.05, 0) is 25.5 Å². The number of benzene rings is 1. The van der Waals surface area contributed by atoms with Gasteiger partial charge >= 0.3 is 6.18 Å². The van der Waals surface area contributed by atoms with Crippen molar-refractivity contribution >= 4 is 0 Å². The molecule has 84 valence electrons. The first-order chi connectivity index (χ1) is 6.95. The predicted molar refractivity (Wildman–Crippen MR) is 52.0 cm³/mol. The molecule has 0 amide bonds. The molecule has 0 heterocycles. The first kappa shape index (κ1) is 11.9. The Morgan fingerprint density at radius 2 is 1.93 bits per heavy atom. The Morgan fingerprint density at radius 1 is 1.27 bits per heavy atom. The van der Waals surface area contributed by atoms with E-state index in [2.05, 4.69) is 0 Å². The van der Waals surface area contributed by atoms with Crippen LogP contribution in [0.3, 0.4) is 0 Å². The van der Waals surface area contributed by atoms with Gasteiger partial charge in [-0.25, -0.2) is 0 Å². The summed E-state index contributed by atoms with van der Waals surface area (Å²) in [7, 11) is 0. The molecule has 0 saturated carbocycles. The Hall–Kier alpha value is -1.19. The molecule has 0 fully saturated rings. The maximum absolute atomic E-state index is 12.6. The molecule has 0 aromatic heterocycles. The van der Waals surface area contributed by atoms with E-state index in [1.54, 1.807) is 13.0 Å². The van der Waals surface area contributed by atoms with Gasteiger partial charge in [-0.3, -0.25) is 0 Å². The fourth-order valence-electron chi connectivity index (χ4n) is 1.20. The van der Waals surface area contributed by atoms with E-state index in [0.29, 0.717) is 18.6 Å². The zero-order valence-corrected chi connectivity index (χ0v) is 8.69. The summed E-state index contributed by atoms with van der Waals surface area (Å²) in [5.41, 5.74) is -0.123. The summed E-state index contributed by atoms with van der Waals surface area (Å²) in [6, 6.07) is 4.08. The minimum Gasteiger partial charge on any atom is -0.493 e. The third kappa shape index (κ3) is 3.15. The lowest BCUT2D eigenvalue weighted by atomic mass is 10.1. The normalized spacial score (nSPS) is 11.5. The number of hydrogen-bond acceptors (Lipinski definition) is 1. The first-order valence-electron chi connectivity index (χ1n) is 4.75. The van der Waals surface area contributed by atoms with E-state index in [4.69, 9.17) is 4.74 Å². The maximum atomic E-state index is 12.6. The number of rotatable bonds is 3. The van der Waals surface area contributed by atoms with Crippen LogP contribution in [0, 0.1) is 6.92 Å². The summed E-state index contributed by atoms with van der Waals surface area (Å²) in [4.78, 5) is 0. The smallest absolute Gasteiger partial charge is 0.419 e. The van der Waals surface area contributed by atoms with Crippen LogP contribution >= 0.6 is 0 Å². The van der Waals surface area contributed by atoms with Gasteiger partial charge in [0.2, 0.25) is 0 Å². The van der Waals surface area contributed by atoms with E-state index in [-0.39, 0.29) is 5.75 Å². The molecule has 0 saturated heterocycles. The third-order valence-electron chi connectivity index (χ3n) is 1.90. The van der Waals surface area contributed by atoms with Gasteiger partial charge in [0.25, 0.3) is 0 Å². The summed E-state index contributed by atoms with van der Waals surface area (Å²) in [6.07, 6.45) is -3.67. The van der Waals surface area contributed by atoms with Crippen LogP contribution in [0.5, 0.6) is 5.75 Å². The lowest BCUT2D eigenvalue weighted by molar-refractivity contribution is -0.139. The first-order valence-corrected chi connectivity index (χ1v) is 4.75. The molecule has 1 rings (SSSR count). The SMILES string of the molecule is CCCOc1ccc(C)cc1C(F)(F)F. The van der Waals surface area contributed by atoms with Crippen LogP contribution in [-0.2, 0) is 6.18 Å². The highest BCUT2D eigenvalue weighted by Crippen LogP contribution is 2.36. The van der Waals surface area contributed by atoms with Gasteiger partial charge in [0.15, 0.2) is 0 Å². The second-order valence-electron chi connectivity index (χ2n) is 3.35. The lowest BCUT2D eigenvalue weighted by Crippen LogP contribution is -2.09. The standard InChI is InChI=1S/C11H13F3O/c1-3-6-15-10-5-4-8(2)7-9(10)11(12,13)14/h4-5,7H,3,6H2,1-2H3. The maximum Gasteiger partial charge on any atom is 0.419 e. The van der Waals surface area contributed by atoms with Gasteiger partial charge in [-0.1, -0.05) is 18.6 Å². The number of halogens is 3. The van der Waals surface area contributed by atoms with Crippen molar-refractivity contribution in [3.05, 3.63) is 29.3 Å². The second-order valence-corrected chi connectivity index (χ2v) is 3.35. The Bertz CT molecular complexity index is 331. The average Bonchev–Trinajstić information content (AvgIpc) is 2.14. The van der Waals surface area contributed by atoms with Crippen molar-refractivity contribution in [2.45, 2.75) is 26.4 Å². The zero-order chi connectivity index (χ0) is 11.5. The van der Waals surface area contributed by atoms with Crippen LogP contribution in [-0.4, -0.2) is 6.61 Å². The Balaban J connectivity index is 3.04. The van der Waals surface area contributed by atoms with Crippen LogP contribution in [0.15, 0.2) is 18.2 Å². The molecule has 15 heavy (non-hydrogen) atoms. The number of ether oxygens (including phenoxy) is 1. The molecular weight excluding hydrogens is 205 g/mol. The van der Waals surface area contributed by atoms with Crippen LogP contribution in [0.1, 0.15) is 24.5 Å². The number of hydrogen-bond donors (Lipinski definition) is 0. The molecule has 1 aromatic rings. The molecule has 0 aliphatic carbocycles. The van der Waals surface area contributed by atoms with E-state index < -0.39 is 11.7 Å². The van der Waals surface area contributed by atoms with E-state index in [1.165, 1.54) is 6.07 Å². The fraction of sp³-hybridized carbons (Fsp3) is 0.455. The zero-order valence-electron chi connectivity index (χ0n) is 8.69. The molecule has 0 N–H and O–H groups in total. The minimum absolute atomic E-state index is 0.0880. The van der Waals surface area contributed by atoms with Gasteiger partial charge < -0.3 is 4.74 Å². The van der Waals surface area contributed by atoms with Crippen LogP contribution in [0.25, 0.3) is 0 Å². The monoisotopic (exact) mass is 218 g/mol.